The lowest BCUT2D eigenvalue weighted by atomic mass is 10.1. The molecule has 0 spiro atoms. The molecule has 10 N–H and O–H groups in total. The third-order valence-corrected chi connectivity index (χ3v) is 9.21. The molecule has 0 saturated carbocycles. The second-order valence-corrected chi connectivity index (χ2v) is 12.8. The number of rotatable bonds is 11. The minimum Gasteiger partial charge on any atom is -0.394 e. The summed E-state index contributed by atoms with van der Waals surface area (Å²) in [5.41, 5.74) is 3.30. The molecule has 2 saturated heterocycles. The predicted molar refractivity (Wildman–Crippen MR) is 128 cm³/mol. The van der Waals surface area contributed by atoms with E-state index in [9.17, 15) is 48.4 Å². The molecule has 2 fully saturated rings. The average molecular weight is 653 g/mol. The van der Waals surface area contributed by atoms with E-state index >= 15 is 0 Å². The molecule has 0 radical (unpaired) electrons. The number of nitrogens with one attached hydrogen (secondary N) is 1. The zero-order chi connectivity index (χ0) is 30.8. The van der Waals surface area contributed by atoms with Crippen molar-refractivity contribution in [3.63, 3.8) is 0 Å². The Bertz CT molecular complexity index is 1410. The highest BCUT2D eigenvalue weighted by Crippen LogP contribution is 2.66. The first-order valence-electron chi connectivity index (χ1n) is 11.2. The predicted octanol–water partition coefficient (Wildman–Crippen LogP) is -3.70. The van der Waals surface area contributed by atoms with Crippen LogP contribution in [0.3, 0.4) is 0 Å². The van der Waals surface area contributed by atoms with E-state index in [1.165, 1.54) is 0 Å². The number of aliphatic hydroxyl groups excluding tert-OH is 3. The number of nitrogens with two attached hydrogens (primary N) is 1. The van der Waals surface area contributed by atoms with Gasteiger partial charge >= 0.3 is 29.2 Å². The summed E-state index contributed by atoms with van der Waals surface area (Å²) in [6.07, 6.45) is -9.41. The molecule has 0 bridgehead atoms. The Labute approximate surface area is 228 Å². The first-order valence-corrected chi connectivity index (χ1v) is 15.7. The van der Waals surface area contributed by atoms with Gasteiger partial charge in [0.1, 0.15) is 36.2 Å². The van der Waals surface area contributed by atoms with Crippen molar-refractivity contribution in [2.24, 2.45) is 5.73 Å². The molecule has 21 nitrogen and oxygen atoms in total. The Kier molecular flexibility index (Phi) is 11.0. The van der Waals surface area contributed by atoms with E-state index in [1.807, 2.05) is 4.98 Å². The largest absolute Gasteiger partial charge is 0.490 e. The van der Waals surface area contributed by atoms with Crippen LogP contribution >= 0.6 is 23.5 Å². The lowest BCUT2D eigenvalue weighted by Gasteiger charge is -2.24. The Morgan fingerprint density at radius 3 is 2.32 bits per heavy atom. The molecular weight excluding hydrogens is 627 g/mol. The maximum absolute atomic E-state index is 12.5. The van der Waals surface area contributed by atoms with Gasteiger partial charge in [-0.05, 0) is 0 Å². The highest BCUT2D eigenvalue weighted by molar-refractivity contribution is 7.66. The van der Waals surface area contributed by atoms with Crippen LogP contribution in [0.25, 0.3) is 0 Å². The Morgan fingerprint density at radius 2 is 1.73 bits per heavy atom. The van der Waals surface area contributed by atoms with Gasteiger partial charge in [0.25, 0.3) is 5.56 Å². The van der Waals surface area contributed by atoms with Gasteiger partial charge in [0, 0.05) is 12.6 Å². The van der Waals surface area contributed by atoms with Gasteiger partial charge in [-0.15, -0.1) is 0 Å². The summed E-state index contributed by atoms with van der Waals surface area (Å²) in [6.45, 7) is -1.82. The second kappa shape index (κ2) is 13.3. The summed E-state index contributed by atoms with van der Waals surface area (Å²) < 4.78 is 63.9. The van der Waals surface area contributed by atoms with Gasteiger partial charge in [-0.3, -0.25) is 18.9 Å². The number of hydrogen-bond donors (Lipinski definition) is 9. The standard InChI is InChI=1S/C17H26N3O18P3/c18-3-1-2-8-5-20(17(25)19-15(8)24)12-4-9(35-16-14(23)13(22)10(6-21)36-16)11(34-12)7-33-40(29,30)38-41(31,32)37-39(26,27)28/h5,9-14,16,21-23H,3-4,6-7,18H2,(H,29,30)(H,31,32)(H,19,24,25)(H2,26,27,28)/t9?,10-,11+,12+,13?,14-,16+/m0/s1. The fraction of sp³-hybridized carbons (Fsp3) is 0.647. The molecule has 24 heteroatoms. The minimum atomic E-state index is -5.83. The topological polar surface area (TPSA) is 329 Å². The highest BCUT2D eigenvalue weighted by Gasteiger charge is 2.48. The normalized spacial score (nSPS) is 31.3. The van der Waals surface area contributed by atoms with Crippen LogP contribution in [0, 0.1) is 11.8 Å². The smallest absolute Gasteiger partial charge is 0.394 e. The monoisotopic (exact) mass is 653 g/mol. The number of H-pyrrole nitrogens is 1. The van der Waals surface area contributed by atoms with Crippen LogP contribution in [0.5, 0.6) is 0 Å². The number of hydrogen-bond acceptors (Lipinski definition) is 15. The number of aromatic amines is 1. The molecule has 0 aliphatic carbocycles. The van der Waals surface area contributed by atoms with Crippen LogP contribution < -0.4 is 17.0 Å². The summed E-state index contributed by atoms with van der Waals surface area (Å²) in [4.78, 5) is 63.0. The lowest BCUT2D eigenvalue weighted by molar-refractivity contribution is -0.204. The van der Waals surface area contributed by atoms with Crippen LogP contribution in [0.2, 0.25) is 0 Å². The van der Waals surface area contributed by atoms with E-state index in [0.29, 0.717) is 0 Å². The highest BCUT2D eigenvalue weighted by atomic mass is 31.3. The van der Waals surface area contributed by atoms with Gasteiger partial charge < -0.3 is 54.8 Å². The Balaban J connectivity index is 1.84. The van der Waals surface area contributed by atoms with E-state index in [-0.39, 0.29) is 18.5 Å². The number of ether oxygens (including phenoxy) is 3. The molecule has 1 aromatic rings. The molecule has 232 valence electrons. The van der Waals surface area contributed by atoms with Crippen molar-refractivity contribution in [3.8, 4) is 11.8 Å². The van der Waals surface area contributed by atoms with Crippen molar-refractivity contribution in [2.45, 2.75) is 49.5 Å². The molecule has 1 aromatic heterocycles. The van der Waals surface area contributed by atoms with Crippen molar-refractivity contribution in [1.29, 1.82) is 0 Å². The number of phosphoric ester groups is 1. The maximum atomic E-state index is 12.5. The lowest BCUT2D eigenvalue weighted by Crippen LogP contribution is -2.39. The van der Waals surface area contributed by atoms with Crippen molar-refractivity contribution in [2.75, 3.05) is 19.8 Å². The van der Waals surface area contributed by atoms with Crippen LogP contribution in [0.1, 0.15) is 18.2 Å². The van der Waals surface area contributed by atoms with Gasteiger partial charge in [-0.2, -0.15) is 8.62 Å². The molecule has 2 aliphatic rings. The SMILES string of the molecule is NCC#Cc1cn([C@H]2CC(O[C@@H]3O[C@@H](CO)C(O)[C@@H]3O)[C@@H](COP(=O)(O)OP(=O)(O)OP(=O)(O)O)O2)c(=O)[nH]c1=O. The number of nitrogens with zero attached hydrogens (tertiary/aromatic N) is 1. The van der Waals surface area contributed by atoms with Gasteiger partial charge in [0.15, 0.2) is 6.29 Å². The maximum Gasteiger partial charge on any atom is 0.490 e. The fourth-order valence-electron chi connectivity index (χ4n) is 3.72. The van der Waals surface area contributed by atoms with E-state index in [0.717, 1.165) is 10.8 Å². The Morgan fingerprint density at radius 1 is 1.05 bits per heavy atom. The molecule has 2 aliphatic heterocycles. The molecule has 0 amide bonds. The second-order valence-electron chi connectivity index (χ2n) is 8.35. The van der Waals surface area contributed by atoms with Crippen LogP contribution in [0.4, 0.5) is 0 Å². The molecule has 41 heavy (non-hydrogen) atoms. The first-order chi connectivity index (χ1) is 18.9. The molecular formula is C17H26N3O18P3. The minimum absolute atomic E-state index is 0.110. The number of aromatic nitrogens is 2. The molecule has 9 atom stereocenters. The molecule has 3 heterocycles. The van der Waals surface area contributed by atoms with Crippen LogP contribution in [-0.2, 0) is 41.1 Å². The van der Waals surface area contributed by atoms with Crippen LogP contribution in [0.15, 0.2) is 15.8 Å². The summed E-state index contributed by atoms with van der Waals surface area (Å²) in [6, 6.07) is 0. The van der Waals surface area contributed by atoms with Crippen molar-refractivity contribution in [3.05, 3.63) is 32.6 Å². The number of phosphoric acid groups is 3. The summed E-state index contributed by atoms with van der Waals surface area (Å²) in [5.74, 6) is 4.88. The van der Waals surface area contributed by atoms with Gasteiger partial charge in [0.05, 0.1) is 25.9 Å². The summed E-state index contributed by atoms with van der Waals surface area (Å²) >= 11 is 0. The summed E-state index contributed by atoms with van der Waals surface area (Å²) in [5, 5.41) is 29.5. The molecule has 3 rings (SSSR count). The third kappa shape index (κ3) is 9.18. The van der Waals surface area contributed by atoms with Gasteiger partial charge in [-0.1, -0.05) is 11.8 Å². The van der Waals surface area contributed by atoms with E-state index in [4.69, 9.17) is 29.7 Å². The first kappa shape index (κ1) is 33.9. The van der Waals surface area contributed by atoms with E-state index < -0.39 is 91.0 Å². The molecule has 0 aromatic carbocycles. The van der Waals surface area contributed by atoms with E-state index in [2.05, 4.69) is 25.0 Å². The van der Waals surface area contributed by atoms with E-state index in [1.54, 1.807) is 0 Å². The van der Waals surface area contributed by atoms with Crippen molar-refractivity contribution in [1.82, 2.24) is 9.55 Å². The zero-order valence-corrected chi connectivity index (χ0v) is 23.1. The van der Waals surface area contributed by atoms with Crippen LogP contribution in [-0.4, -0.2) is 101 Å². The quantitative estimate of drug-likeness (QED) is 0.0819. The van der Waals surface area contributed by atoms with Gasteiger partial charge in [-0.25, -0.2) is 18.5 Å². The number of aliphatic hydroxyl groups is 3. The Hall–Kier alpha value is -1.63. The fourth-order valence-corrected chi connectivity index (χ4v) is 6.75. The van der Waals surface area contributed by atoms with Gasteiger partial charge in [0.2, 0.25) is 0 Å². The van der Waals surface area contributed by atoms with Crippen molar-refractivity contribution < 1.29 is 75.9 Å². The summed E-state index contributed by atoms with van der Waals surface area (Å²) in [7, 11) is -17.1. The third-order valence-electron chi connectivity index (χ3n) is 5.41. The molecule has 4 unspecified atom stereocenters. The van der Waals surface area contributed by atoms with Crippen molar-refractivity contribution >= 4 is 23.5 Å². The average Bonchev–Trinajstić information content (AvgIpc) is 3.35. The zero-order valence-electron chi connectivity index (χ0n) is 20.4.